The predicted molar refractivity (Wildman–Crippen MR) is 361 cm³/mol. The number of hydrogen-bond donors (Lipinski definition) is 2. The van der Waals surface area contributed by atoms with Crippen molar-refractivity contribution in [3.8, 4) is 33.0 Å². The van der Waals surface area contributed by atoms with Crippen LogP contribution in [0.2, 0.25) is 0 Å². The van der Waals surface area contributed by atoms with Crippen LogP contribution in [0.5, 0.6) is 11.5 Å². The molecule has 104 heavy (non-hydrogen) atoms. The number of ether oxygens (including phenoxy) is 6. The maximum atomic E-state index is 15.5. The molecule has 556 valence electrons. The molecule has 4 bridgehead atoms. The van der Waals surface area contributed by atoms with E-state index in [1.165, 1.54) is 53.3 Å². The van der Waals surface area contributed by atoms with Gasteiger partial charge in [-0.25, -0.2) is 54.3 Å². The molecule has 0 spiro atoms. The van der Waals surface area contributed by atoms with E-state index in [1.807, 2.05) is 0 Å². The SMILES string of the molecule is Cc1c(-c2ncco2)sc2c1c(=O)n(C1(C(=O)NS(=O)(=O)C3(C)CC3c3cnc(-c4sc5c(c4C)c(=O)n(C4(C(=O)NS(=O)(=O)C(C)(C)C)CC4)c(=O)n5C[C@H](OC4C[C@H]5CC[C@@H](C4)O5)c4cc(F)ccc4OC(F)F)o3)CC1)c(=O)n2C[C@H](OC1C[C@H]2CC[C@@H](C1)O2)c1cc(F)ccc1OC(F)F. The Balaban J connectivity index is 0.771. The second-order valence-electron chi connectivity index (χ2n) is 29.0. The Kier molecular flexibility index (Phi) is 17.8. The summed E-state index contributed by atoms with van der Waals surface area (Å²) in [6, 6.07) is 5.65. The number of benzene rings is 2. The van der Waals surface area contributed by atoms with Crippen molar-refractivity contribution in [2.45, 2.75) is 227 Å². The average Bonchev–Trinajstić information content (AvgIpc) is 1.54. The molecule has 10 heterocycles. The highest BCUT2D eigenvalue weighted by atomic mass is 32.2. The van der Waals surface area contributed by atoms with Gasteiger partial charge in [-0.1, -0.05) is 0 Å². The number of carbonyl (C=O) groups is 2. The van der Waals surface area contributed by atoms with Crippen LogP contribution in [0.3, 0.4) is 0 Å². The minimum Gasteiger partial charge on any atom is -0.444 e. The number of fused-ring (bicyclic) bond motifs is 6. The van der Waals surface area contributed by atoms with Crippen molar-refractivity contribution in [2.75, 3.05) is 0 Å². The first-order valence-corrected chi connectivity index (χ1v) is 38.5. The van der Waals surface area contributed by atoms with Crippen LogP contribution in [-0.2, 0) is 72.8 Å². The van der Waals surface area contributed by atoms with Crippen molar-refractivity contribution in [1.29, 1.82) is 0 Å². The Morgan fingerprint density at radius 3 is 1.52 bits per heavy atom. The second kappa shape index (κ2) is 25.9. The van der Waals surface area contributed by atoms with Gasteiger partial charge in [-0.2, -0.15) is 17.6 Å². The maximum Gasteiger partial charge on any atom is 0.387 e. The van der Waals surface area contributed by atoms with Gasteiger partial charge < -0.3 is 37.3 Å². The van der Waals surface area contributed by atoms with Crippen LogP contribution in [0.1, 0.15) is 157 Å². The number of alkyl halides is 4. The summed E-state index contributed by atoms with van der Waals surface area (Å²) in [6.45, 7) is 0.364. The van der Waals surface area contributed by atoms with E-state index in [0.29, 0.717) is 52.5 Å². The van der Waals surface area contributed by atoms with Gasteiger partial charge in [0.1, 0.15) is 68.1 Å². The molecule has 26 nitrogen and oxygen atoms in total. The fraction of sp³-hybridized carbons (Fsp3) is 0.529. The molecular formula is C68H70F6N8O18S4. The van der Waals surface area contributed by atoms with Gasteiger partial charge >= 0.3 is 24.6 Å². The van der Waals surface area contributed by atoms with E-state index in [2.05, 4.69) is 19.4 Å². The first-order valence-electron chi connectivity index (χ1n) is 33.9. The summed E-state index contributed by atoms with van der Waals surface area (Å²) in [5, 5.41) is -0.305. The largest absolute Gasteiger partial charge is 0.444 e. The predicted octanol–water partition coefficient (Wildman–Crippen LogP) is 9.72. The third kappa shape index (κ3) is 12.5. The van der Waals surface area contributed by atoms with Crippen molar-refractivity contribution in [1.82, 2.24) is 37.7 Å². The summed E-state index contributed by atoms with van der Waals surface area (Å²) in [5.41, 5.74) is -8.61. The van der Waals surface area contributed by atoms with Crippen molar-refractivity contribution < 1.29 is 90.0 Å². The van der Waals surface area contributed by atoms with E-state index in [1.54, 1.807) is 6.92 Å². The van der Waals surface area contributed by atoms with Crippen molar-refractivity contribution in [3.05, 3.63) is 136 Å². The molecule has 2 aromatic carbocycles. The number of nitrogens with zero attached hydrogens (tertiary/aromatic N) is 6. The number of aromatic nitrogens is 6. The number of hydrogen-bond acceptors (Lipinski definition) is 22. The third-order valence-electron chi connectivity index (χ3n) is 21.3. The van der Waals surface area contributed by atoms with Gasteiger partial charge in [-0.05, 0) is 173 Å². The van der Waals surface area contributed by atoms with Gasteiger partial charge in [-0.3, -0.25) is 37.8 Å². The van der Waals surface area contributed by atoms with Crippen LogP contribution in [0, 0.1) is 25.5 Å². The van der Waals surface area contributed by atoms with E-state index in [4.69, 9.17) is 37.3 Å². The normalized spacial score (nSPS) is 24.5. The van der Waals surface area contributed by atoms with Gasteiger partial charge in [0.25, 0.3) is 22.9 Å². The number of nitrogens with one attached hydrogen (secondary N) is 2. The number of oxazole rings is 2. The Morgan fingerprint density at radius 2 is 1.11 bits per heavy atom. The minimum atomic E-state index is -4.85. The highest BCUT2D eigenvalue weighted by molar-refractivity contribution is 7.92. The molecule has 0 radical (unpaired) electrons. The van der Waals surface area contributed by atoms with Crippen LogP contribution in [0.15, 0.2) is 83.1 Å². The number of amides is 2. The smallest absolute Gasteiger partial charge is 0.387 e. The van der Waals surface area contributed by atoms with E-state index in [9.17, 15) is 39.2 Å². The number of aryl methyl sites for hydroxylation is 2. The summed E-state index contributed by atoms with van der Waals surface area (Å²) in [6.07, 6.45) is 2.10. The molecule has 8 aromatic rings. The number of carbonyl (C=O) groups excluding carboxylic acids is 2. The molecule has 10 atom stereocenters. The summed E-state index contributed by atoms with van der Waals surface area (Å²) < 4.78 is 196. The zero-order valence-corrected chi connectivity index (χ0v) is 59.9. The fourth-order valence-corrected chi connectivity index (χ4v) is 19.9. The lowest BCUT2D eigenvalue weighted by Gasteiger charge is -2.32. The Labute approximate surface area is 595 Å². The van der Waals surface area contributed by atoms with E-state index in [-0.39, 0.29) is 122 Å². The van der Waals surface area contributed by atoms with Gasteiger partial charge in [0.05, 0.1) is 92.1 Å². The fourth-order valence-electron chi connectivity index (χ4n) is 15.2. The quantitative estimate of drug-likeness (QED) is 0.0531. The Hall–Kier alpha value is -8.00. The zero-order chi connectivity index (χ0) is 73.8. The first kappa shape index (κ1) is 71.6. The molecule has 15 rings (SSSR count). The van der Waals surface area contributed by atoms with E-state index >= 15 is 32.8 Å². The molecule has 36 heteroatoms. The number of sulfonamides is 2. The molecule has 2 N–H and O–H groups in total. The summed E-state index contributed by atoms with van der Waals surface area (Å²) in [7, 11) is -9.30. The van der Waals surface area contributed by atoms with Crippen LogP contribution in [-0.4, -0.2) is 116 Å². The monoisotopic (exact) mass is 1530 g/mol. The lowest BCUT2D eigenvalue weighted by atomic mass is 10.0. The summed E-state index contributed by atoms with van der Waals surface area (Å²) in [5.74, 6) is -6.39. The van der Waals surface area contributed by atoms with Gasteiger partial charge in [0.15, 0.2) is 0 Å². The first-order chi connectivity index (χ1) is 49.2. The van der Waals surface area contributed by atoms with Crippen LogP contribution >= 0.6 is 22.7 Å². The summed E-state index contributed by atoms with van der Waals surface area (Å²) >= 11 is 1.71. The molecule has 7 fully saturated rings. The highest BCUT2D eigenvalue weighted by Crippen LogP contribution is 2.58. The maximum absolute atomic E-state index is 15.5. The topological polar surface area (TPSA) is 322 Å². The van der Waals surface area contributed by atoms with E-state index < -0.39 is 155 Å². The Morgan fingerprint density at radius 1 is 0.663 bits per heavy atom. The molecule has 3 saturated carbocycles. The zero-order valence-electron chi connectivity index (χ0n) is 56.6. The molecule has 4 saturated heterocycles. The average molecular weight is 1530 g/mol. The third-order valence-corrected chi connectivity index (χ3v) is 28.1. The van der Waals surface area contributed by atoms with Crippen LogP contribution in [0.25, 0.3) is 42.0 Å². The van der Waals surface area contributed by atoms with Crippen LogP contribution in [0.4, 0.5) is 26.3 Å². The molecule has 4 aliphatic heterocycles. The van der Waals surface area contributed by atoms with Gasteiger partial charge in [0, 0.05) is 17.0 Å². The lowest BCUT2D eigenvalue weighted by Crippen LogP contribution is -2.54. The standard InChI is InChI=1S/C68H70F6N8O18S4/c1-31-49-55(83)82(63(87)79(57(49)101-51(31)53-75-19-20-93-53)29-47(96-39-23-35-9-10-36(24-39)94-35)41-21-33(69)7-13-44(41)99-61(71)72)68(17-18-68)60(86)78-104(91,92)66(6)27-43(66)46-28-76-54(98-46)52-32(2)50-56(84)81(67(15-16-67)59(85)77-103(89,90)65(3,4)5)64(88)80(58(50)102-52)30-48(97-40-25-37-11-12-38(26-40)95-37)42-22-34(70)8-14-45(42)100-62(73)74/h7-8,13-14,19-22,28,35-40,43,47-48,61-62H,9-12,15-18,23-27,29-30H2,1-6H3,(H,77,85)(H,78,86)/t35-,36+,37-,38+,39?,40?,43?,47-,48-,66?/m0/s1. The second-order valence-corrected chi connectivity index (χ2v) is 35.6. The molecule has 7 aliphatic rings. The van der Waals surface area contributed by atoms with Crippen LogP contribution < -0.4 is 41.4 Å². The highest BCUT2D eigenvalue weighted by Gasteiger charge is 2.65. The van der Waals surface area contributed by atoms with Gasteiger partial charge in [0.2, 0.25) is 31.8 Å². The molecular weight excluding hydrogens is 1460 g/mol. The lowest BCUT2D eigenvalue weighted by molar-refractivity contribution is -0.124. The van der Waals surface area contributed by atoms with Crippen molar-refractivity contribution in [2.24, 2.45) is 0 Å². The van der Waals surface area contributed by atoms with E-state index in [0.717, 1.165) is 81.0 Å². The van der Waals surface area contributed by atoms with Crippen molar-refractivity contribution >= 4 is 75.0 Å². The number of thiophene rings is 2. The number of rotatable bonds is 24. The Bertz CT molecular complexity index is 5280. The molecule has 4 unspecified atom stereocenters. The summed E-state index contributed by atoms with van der Waals surface area (Å²) in [4.78, 5) is 99.9. The molecule has 2 amide bonds. The number of halogens is 6. The van der Waals surface area contributed by atoms with Crippen molar-refractivity contribution in [3.63, 3.8) is 0 Å². The molecule has 3 aliphatic carbocycles. The van der Waals surface area contributed by atoms with Gasteiger partial charge in [-0.15, -0.1) is 22.7 Å². The minimum absolute atomic E-state index is 0.00804. The molecule has 6 aromatic heterocycles.